The molecular weight excluding hydrogens is 256 g/mol. The molecule has 0 aromatic carbocycles. The van der Waals surface area contributed by atoms with Gasteiger partial charge in [-0.1, -0.05) is 6.42 Å². The van der Waals surface area contributed by atoms with Crippen LogP contribution in [0.4, 0.5) is 5.82 Å². The van der Waals surface area contributed by atoms with Crippen LogP contribution >= 0.6 is 0 Å². The number of carbonyl (C=O) groups is 1. The minimum atomic E-state index is -0.361. The van der Waals surface area contributed by atoms with Gasteiger partial charge in [-0.2, -0.15) is 0 Å². The summed E-state index contributed by atoms with van der Waals surface area (Å²) < 4.78 is 4.71. The van der Waals surface area contributed by atoms with Crippen molar-refractivity contribution in [1.82, 2.24) is 4.98 Å². The van der Waals surface area contributed by atoms with E-state index in [1.165, 1.54) is 13.5 Å². The van der Waals surface area contributed by atoms with E-state index in [2.05, 4.69) is 10.3 Å². The zero-order chi connectivity index (χ0) is 14.5. The van der Waals surface area contributed by atoms with Crippen molar-refractivity contribution in [2.45, 2.75) is 38.6 Å². The number of aryl methyl sites for hydroxylation is 1. The first-order valence-electron chi connectivity index (χ1n) is 7.09. The molecule has 2 unspecified atom stereocenters. The second-order valence-corrected chi connectivity index (χ2v) is 5.28. The van der Waals surface area contributed by atoms with Crippen LogP contribution in [0.1, 0.15) is 41.7 Å². The van der Waals surface area contributed by atoms with Crippen molar-refractivity contribution in [3.8, 4) is 0 Å². The van der Waals surface area contributed by atoms with E-state index in [1.54, 1.807) is 13.0 Å². The molecule has 1 aromatic rings. The third-order valence-corrected chi connectivity index (χ3v) is 3.98. The van der Waals surface area contributed by atoms with E-state index in [0.29, 0.717) is 23.2 Å². The number of anilines is 1. The van der Waals surface area contributed by atoms with Crippen LogP contribution in [-0.4, -0.2) is 35.8 Å². The van der Waals surface area contributed by atoms with Crippen molar-refractivity contribution in [2.24, 2.45) is 5.92 Å². The molecule has 5 heteroatoms. The summed E-state index contributed by atoms with van der Waals surface area (Å²) in [6, 6.07) is 3.91. The maximum atomic E-state index is 11.5. The summed E-state index contributed by atoms with van der Waals surface area (Å²) in [6.07, 6.45) is 4.26. The third-order valence-electron chi connectivity index (χ3n) is 3.98. The molecule has 20 heavy (non-hydrogen) atoms. The first-order valence-corrected chi connectivity index (χ1v) is 7.09. The van der Waals surface area contributed by atoms with Crippen LogP contribution in [0, 0.1) is 12.8 Å². The Morgan fingerprint density at radius 2 is 2.30 bits per heavy atom. The van der Waals surface area contributed by atoms with E-state index in [1.807, 2.05) is 6.07 Å². The molecule has 110 valence electrons. The summed E-state index contributed by atoms with van der Waals surface area (Å²) in [6.45, 7) is 2.04. The molecular formula is C15H22N2O3. The van der Waals surface area contributed by atoms with Gasteiger partial charge in [0.2, 0.25) is 0 Å². The first kappa shape index (κ1) is 14.8. The van der Waals surface area contributed by atoms with E-state index < -0.39 is 0 Å². The zero-order valence-electron chi connectivity index (χ0n) is 12.1. The molecule has 0 radical (unpaired) electrons. The number of rotatable bonds is 5. The summed E-state index contributed by atoms with van der Waals surface area (Å²) in [5.41, 5.74) is 1.16. The SMILES string of the molecule is COC(=O)c1ccc(NC2CCCC2CCO)nc1C. The number of esters is 1. The molecule has 1 fully saturated rings. The Bertz CT molecular complexity index is 476. The topological polar surface area (TPSA) is 71.5 Å². The lowest BCUT2D eigenvalue weighted by Crippen LogP contribution is -2.25. The second-order valence-electron chi connectivity index (χ2n) is 5.28. The van der Waals surface area contributed by atoms with Gasteiger partial charge in [-0.05, 0) is 44.2 Å². The number of ether oxygens (including phenoxy) is 1. The number of nitrogens with one attached hydrogen (secondary N) is 1. The van der Waals surface area contributed by atoms with Gasteiger partial charge >= 0.3 is 5.97 Å². The van der Waals surface area contributed by atoms with Gasteiger partial charge in [0.25, 0.3) is 0 Å². The molecule has 0 aliphatic heterocycles. The molecule has 0 saturated heterocycles. The molecule has 2 atom stereocenters. The van der Waals surface area contributed by atoms with Crippen molar-refractivity contribution < 1.29 is 14.6 Å². The van der Waals surface area contributed by atoms with Crippen LogP contribution in [-0.2, 0) is 4.74 Å². The Hall–Kier alpha value is -1.62. The summed E-state index contributed by atoms with van der Waals surface area (Å²) in [7, 11) is 1.37. The Morgan fingerprint density at radius 1 is 1.50 bits per heavy atom. The number of aliphatic hydroxyl groups excluding tert-OH is 1. The lowest BCUT2D eigenvalue weighted by atomic mass is 10.00. The van der Waals surface area contributed by atoms with Crippen molar-refractivity contribution in [3.63, 3.8) is 0 Å². The standard InChI is InChI=1S/C15H22N2O3/c1-10-12(15(19)20-2)6-7-14(16-10)17-13-5-3-4-11(13)8-9-18/h6-7,11,13,18H,3-5,8-9H2,1-2H3,(H,16,17). The number of carbonyl (C=O) groups excluding carboxylic acids is 1. The van der Waals surface area contributed by atoms with Crippen molar-refractivity contribution in [3.05, 3.63) is 23.4 Å². The average Bonchev–Trinajstić information content (AvgIpc) is 2.86. The van der Waals surface area contributed by atoms with Gasteiger partial charge in [-0.15, -0.1) is 0 Å². The smallest absolute Gasteiger partial charge is 0.339 e. The number of hydrogen-bond acceptors (Lipinski definition) is 5. The quantitative estimate of drug-likeness (QED) is 0.807. The number of hydrogen-bond donors (Lipinski definition) is 2. The van der Waals surface area contributed by atoms with Gasteiger partial charge in [0.05, 0.1) is 18.4 Å². The van der Waals surface area contributed by atoms with Crippen LogP contribution in [0.2, 0.25) is 0 Å². The maximum absolute atomic E-state index is 11.5. The molecule has 2 rings (SSSR count). The molecule has 1 aliphatic carbocycles. The average molecular weight is 278 g/mol. The van der Waals surface area contributed by atoms with E-state index in [4.69, 9.17) is 9.84 Å². The van der Waals surface area contributed by atoms with Crippen LogP contribution in [0.3, 0.4) is 0 Å². The Balaban J connectivity index is 2.06. The van der Waals surface area contributed by atoms with Gasteiger partial charge in [-0.25, -0.2) is 9.78 Å². The Labute approximate surface area is 119 Å². The van der Waals surface area contributed by atoms with E-state index in [0.717, 1.165) is 25.1 Å². The molecule has 2 N–H and O–H groups in total. The number of aromatic nitrogens is 1. The molecule has 1 aliphatic rings. The third kappa shape index (κ3) is 3.28. The highest BCUT2D eigenvalue weighted by atomic mass is 16.5. The summed E-state index contributed by atoms with van der Waals surface area (Å²) >= 11 is 0. The summed E-state index contributed by atoms with van der Waals surface area (Å²) in [5, 5.41) is 12.5. The minimum absolute atomic E-state index is 0.233. The summed E-state index contributed by atoms with van der Waals surface area (Å²) in [4.78, 5) is 15.9. The van der Waals surface area contributed by atoms with Gasteiger partial charge < -0.3 is 15.2 Å². The van der Waals surface area contributed by atoms with Gasteiger partial charge in [0.1, 0.15) is 5.82 Å². The molecule has 0 bridgehead atoms. The van der Waals surface area contributed by atoms with Gasteiger partial charge in [0, 0.05) is 12.6 Å². The van der Waals surface area contributed by atoms with Gasteiger partial charge in [-0.3, -0.25) is 0 Å². The molecule has 0 amide bonds. The largest absolute Gasteiger partial charge is 0.465 e. The number of pyridine rings is 1. The lowest BCUT2D eigenvalue weighted by molar-refractivity contribution is 0.0599. The van der Waals surface area contributed by atoms with Crippen LogP contribution in [0.15, 0.2) is 12.1 Å². The number of methoxy groups -OCH3 is 1. The molecule has 0 spiro atoms. The van der Waals surface area contributed by atoms with E-state index in [-0.39, 0.29) is 12.6 Å². The fourth-order valence-corrected chi connectivity index (χ4v) is 2.90. The molecule has 1 heterocycles. The number of nitrogens with zero attached hydrogens (tertiary/aromatic N) is 1. The monoisotopic (exact) mass is 278 g/mol. The molecule has 1 aromatic heterocycles. The summed E-state index contributed by atoms with van der Waals surface area (Å²) in [5.74, 6) is 0.924. The van der Waals surface area contributed by atoms with Crippen molar-refractivity contribution in [2.75, 3.05) is 19.0 Å². The zero-order valence-corrected chi connectivity index (χ0v) is 12.1. The number of aliphatic hydroxyl groups is 1. The van der Waals surface area contributed by atoms with Crippen molar-refractivity contribution >= 4 is 11.8 Å². The fourth-order valence-electron chi connectivity index (χ4n) is 2.90. The minimum Gasteiger partial charge on any atom is -0.465 e. The maximum Gasteiger partial charge on any atom is 0.339 e. The van der Waals surface area contributed by atoms with Crippen LogP contribution in [0.5, 0.6) is 0 Å². The fraction of sp³-hybridized carbons (Fsp3) is 0.600. The van der Waals surface area contributed by atoms with Crippen molar-refractivity contribution in [1.29, 1.82) is 0 Å². The van der Waals surface area contributed by atoms with E-state index >= 15 is 0 Å². The Kier molecular flexibility index (Phi) is 4.95. The van der Waals surface area contributed by atoms with E-state index in [9.17, 15) is 4.79 Å². The van der Waals surface area contributed by atoms with Gasteiger partial charge in [0.15, 0.2) is 0 Å². The predicted molar refractivity (Wildman–Crippen MR) is 76.8 cm³/mol. The molecule has 1 saturated carbocycles. The molecule has 5 nitrogen and oxygen atoms in total. The normalized spacial score (nSPS) is 21.8. The highest BCUT2D eigenvalue weighted by Crippen LogP contribution is 2.30. The predicted octanol–water partition coefficient (Wildman–Crippen LogP) is 2.14. The van der Waals surface area contributed by atoms with Crippen LogP contribution < -0.4 is 5.32 Å². The first-order chi connectivity index (χ1) is 9.65. The lowest BCUT2D eigenvalue weighted by Gasteiger charge is -2.21. The Morgan fingerprint density at radius 3 is 2.95 bits per heavy atom. The highest BCUT2D eigenvalue weighted by Gasteiger charge is 2.27. The highest BCUT2D eigenvalue weighted by molar-refractivity contribution is 5.90. The van der Waals surface area contributed by atoms with Crippen LogP contribution in [0.25, 0.3) is 0 Å². The second kappa shape index (κ2) is 6.70.